The average Bonchev–Trinajstić information content (AvgIpc) is 3.20. The molecule has 0 unspecified atom stereocenters. The van der Waals surface area contributed by atoms with Crippen molar-refractivity contribution in [2.24, 2.45) is 0 Å². The number of ether oxygens (including phenoxy) is 1. The number of benzene rings is 1. The van der Waals surface area contributed by atoms with Gasteiger partial charge in [-0.15, -0.1) is 23.1 Å². The number of aryl methyl sites for hydroxylation is 3. The molecule has 170 valence electrons. The highest BCUT2D eigenvalue weighted by Crippen LogP contribution is 2.33. The highest BCUT2D eigenvalue weighted by atomic mass is 32.2. The monoisotopic (exact) mass is 482 g/mol. The van der Waals surface area contributed by atoms with E-state index >= 15 is 0 Å². The summed E-state index contributed by atoms with van der Waals surface area (Å²) in [6, 6.07) is 9.16. The maximum atomic E-state index is 12.6. The number of H-pyrrole nitrogens is 1. The van der Waals surface area contributed by atoms with E-state index in [1.165, 1.54) is 16.6 Å². The zero-order chi connectivity index (χ0) is 23.2. The lowest BCUT2D eigenvalue weighted by molar-refractivity contribution is -0.147. The standard InChI is InChI=1S/C23H22N4O4S2/c24-11-12-32-17-8-4-2-6-15(17)25-19(28)13-31-20(29)10-9-18-26-22(30)21-14-5-1-3-7-16(14)33-23(21)27-18/h2,4,6,8H,1,3,5,7,9-10,12-13H2,(H,25,28)(H,26,27,30). The number of aromatic amines is 1. The lowest BCUT2D eigenvalue weighted by Crippen LogP contribution is -2.21. The molecule has 0 fully saturated rings. The number of carbonyl (C=O) groups is 2. The fraction of sp³-hybridized carbons (Fsp3) is 0.348. The largest absolute Gasteiger partial charge is 0.456 e. The Bertz CT molecular complexity index is 1290. The predicted octanol–water partition coefficient (Wildman–Crippen LogP) is 3.59. The summed E-state index contributed by atoms with van der Waals surface area (Å²) in [5.41, 5.74) is 1.53. The third kappa shape index (κ3) is 5.61. The van der Waals surface area contributed by atoms with Crippen LogP contribution in [0.25, 0.3) is 10.2 Å². The lowest BCUT2D eigenvalue weighted by Gasteiger charge is -2.10. The van der Waals surface area contributed by atoms with Crippen LogP contribution in [0.2, 0.25) is 0 Å². The van der Waals surface area contributed by atoms with Gasteiger partial charge in [0, 0.05) is 16.2 Å². The van der Waals surface area contributed by atoms with Gasteiger partial charge in [0.25, 0.3) is 11.5 Å². The molecule has 1 aliphatic rings. The Morgan fingerprint density at radius 1 is 1.27 bits per heavy atom. The molecule has 0 spiro atoms. The van der Waals surface area contributed by atoms with Crippen molar-refractivity contribution in [3.05, 3.63) is 50.9 Å². The number of thiophene rings is 1. The summed E-state index contributed by atoms with van der Waals surface area (Å²) >= 11 is 2.87. The van der Waals surface area contributed by atoms with Crippen molar-refractivity contribution in [3.63, 3.8) is 0 Å². The number of fused-ring (bicyclic) bond motifs is 3. The maximum Gasteiger partial charge on any atom is 0.306 e. The number of carbonyl (C=O) groups excluding carboxylic acids is 2. The van der Waals surface area contributed by atoms with Crippen LogP contribution in [0.3, 0.4) is 0 Å². The van der Waals surface area contributed by atoms with Gasteiger partial charge in [0.1, 0.15) is 10.7 Å². The summed E-state index contributed by atoms with van der Waals surface area (Å²) in [6.45, 7) is -0.420. The van der Waals surface area contributed by atoms with E-state index in [1.807, 2.05) is 12.1 Å². The molecule has 0 aliphatic heterocycles. The second-order valence-electron chi connectivity index (χ2n) is 7.56. The molecular formula is C23H22N4O4S2. The molecule has 2 aromatic heterocycles. The molecule has 0 atom stereocenters. The van der Waals surface area contributed by atoms with E-state index in [-0.39, 0.29) is 24.2 Å². The smallest absolute Gasteiger partial charge is 0.306 e. The first-order chi connectivity index (χ1) is 16.0. The van der Waals surface area contributed by atoms with Gasteiger partial charge in [-0.05, 0) is 43.4 Å². The maximum absolute atomic E-state index is 12.6. The Morgan fingerprint density at radius 2 is 2.09 bits per heavy atom. The second kappa shape index (κ2) is 10.6. The van der Waals surface area contributed by atoms with Crippen molar-refractivity contribution in [1.29, 1.82) is 5.26 Å². The van der Waals surface area contributed by atoms with Gasteiger partial charge >= 0.3 is 5.97 Å². The third-order valence-electron chi connectivity index (χ3n) is 5.26. The fourth-order valence-electron chi connectivity index (χ4n) is 3.76. The lowest BCUT2D eigenvalue weighted by atomic mass is 9.97. The normalized spacial score (nSPS) is 12.7. The SMILES string of the molecule is N#CCSc1ccccc1NC(=O)COC(=O)CCc1nc2sc3c(c2c(=O)[nH]1)CCCC3. The van der Waals surface area contributed by atoms with Crippen molar-refractivity contribution >= 4 is 50.9 Å². The molecule has 1 aliphatic carbocycles. The van der Waals surface area contributed by atoms with Gasteiger partial charge < -0.3 is 15.0 Å². The van der Waals surface area contributed by atoms with Gasteiger partial charge in [0.15, 0.2) is 6.61 Å². The zero-order valence-corrected chi connectivity index (χ0v) is 19.4. The van der Waals surface area contributed by atoms with Gasteiger partial charge in [-0.25, -0.2) is 4.98 Å². The van der Waals surface area contributed by atoms with Gasteiger partial charge in [-0.3, -0.25) is 14.4 Å². The number of aromatic nitrogens is 2. The van der Waals surface area contributed by atoms with Crippen molar-refractivity contribution in [3.8, 4) is 6.07 Å². The van der Waals surface area contributed by atoms with E-state index in [4.69, 9.17) is 10.00 Å². The third-order valence-corrected chi connectivity index (χ3v) is 7.38. The number of nitrogens with zero attached hydrogens (tertiary/aromatic N) is 2. The minimum Gasteiger partial charge on any atom is -0.456 e. The van der Waals surface area contributed by atoms with Gasteiger partial charge in [-0.2, -0.15) is 5.26 Å². The first-order valence-corrected chi connectivity index (χ1v) is 12.4. The number of esters is 1. The summed E-state index contributed by atoms with van der Waals surface area (Å²) in [7, 11) is 0. The van der Waals surface area contributed by atoms with Crippen LogP contribution < -0.4 is 10.9 Å². The molecule has 33 heavy (non-hydrogen) atoms. The number of amides is 1. The van der Waals surface area contributed by atoms with Crippen molar-refractivity contribution in [2.75, 3.05) is 17.7 Å². The fourth-order valence-corrected chi connectivity index (χ4v) is 5.71. The van der Waals surface area contributed by atoms with Crippen LogP contribution in [-0.4, -0.2) is 34.2 Å². The summed E-state index contributed by atoms with van der Waals surface area (Å²) < 4.78 is 5.08. The van der Waals surface area contributed by atoms with E-state index in [0.29, 0.717) is 16.9 Å². The number of hydrogen-bond acceptors (Lipinski definition) is 8. The molecular weight excluding hydrogens is 460 g/mol. The number of para-hydroxylation sites is 1. The summed E-state index contributed by atoms with van der Waals surface area (Å²) in [5, 5.41) is 12.1. The van der Waals surface area contributed by atoms with E-state index in [1.54, 1.807) is 29.5 Å². The summed E-state index contributed by atoms with van der Waals surface area (Å²) in [5.74, 6) is -0.315. The Morgan fingerprint density at radius 3 is 2.94 bits per heavy atom. The highest BCUT2D eigenvalue weighted by molar-refractivity contribution is 7.99. The summed E-state index contributed by atoms with van der Waals surface area (Å²) in [6.07, 6.45) is 4.34. The van der Waals surface area contributed by atoms with Crippen LogP contribution in [-0.2, 0) is 33.6 Å². The molecule has 0 saturated heterocycles. The molecule has 2 heterocycles. The first-order valence-electron chi connectivity index (χ1n) is 10.6. The van der Waals surface area contributed by atoms with E-state index < -0.39 is 18.5 Å². The van der Waals surface area contributed by atoms with E-state index in [0.717, 1.165) is 41.0 Å². The minimum atomic E-state index is -0.550. The topological polar surface area (TPSA) is 125 Å². The van der Waals surface area contributed by atoms with Gasteiger partial charge in [0.05, 0.1) is 29.3 Å². The molecule has 1 aromatic carbocycles. The highest BCUT2D eigenvalue weighted by Gasteiger charge is 2.20. The number of thioether (sulfide) groups is 1. The molecule has 0 radical (unpaired) electrons. The number of hydrogen-bond donors (Lipinski definition) is 2. The first kappa shape index (κ1) is 23.0. The molecule has 0 saturated carbocycles. The zero-order valence-electron chi connectivity index (χ0n) is 17.8. The number of nitriles is 1. The van der Waals surface area contributed by atoms with Crippen LogP contribution in [0.5, 0.6) is 0 Å². The van der Waals surface area contributed by atoms with E-state index in [2.05, 4.69) is 15.3 Å². The van der Waals surface area contributed by atoms with E-state index in [9.17, 15) is 14.4 Å². The molecule has 8 nitrogen and oxygen atoms in total. The quantitative estimate of drug-likeness (QED) is 0.371. The van der Waals surface area contributed by atoms with Crippen molar-refractivity contribution in [1.82, 2.24) is 9.97 Å². The Hall–Kier alpha value is -3.16. The molecule has 10 heteroatoms. The van der Waals surface area contributed by atoms with Crippen LogP contribution >= 0.6 is 23.1 Å². The molecule has 4 rings (SSSR count). The van der Waals surface area contributed by atoms with Crippen molar-refractivity contribution in [2.45, 2.75) is 43.4 Å². The molecule has 1 amide bonds. The number of nitrogens with one attached hydrogen (secondary N) is 2. The van der Waals surface area contributed by atoms with Crippen LogP contribution in [0.4, 0.5) is 5.69 Å². The minimum absolute atomic E-state index is 0.00141. The Labute approximate surface area is 198 Å². The van der Waals surface area contributed by atoms with Crippen LogP contribution in [0.1, 0.15) is 35.5 Å². The molecule has 3 aromatic rings. The van der Waals surface area contributed by atoms with Crippen molar-refractivity contribution < 1.29 is 14.3 Å². The molecule has 2 N–H and O–H groups in total. The number of anilines is 1. The predicted molar refractivity (Wildman–Crippen MR) is 128 cm³/mol. The second-order valence-corrected chi connectivity index (χ2v) is 9.66. The number of rotatable bonds is 8. The van der Waals surface area contributed by atoms with Crippen LogP contribution in [0.15, 0.2) is 34.0 Å². The molecule has 0 bridgehead atoms. The Balaban J connectivity index is 1.30. The Kier molecular flexibility index (Phi) is 7.42. The van der Waals surface area contributed by atoms with Gasteiger partial charge in [-0.1, -0.05) is 12.1 Å². The average molecular weight is 483 g/mol. The summed E-state index contributed by atoms with van der Waals surface area (Å²) in [4.78, 5) is 47.0. The van der Waals surface area contributed by atoms with Crippen LogP contribution in [0, 0.1) is 11.3 Å². The van der Waals surface area contributed by atoms with Gasteiger partial charge in [0.2, 0.25) is 0 Å².